The maximum Gasteiger partial charge on any atom is 0.316 e. The summed E-state index contributed by atoms with van der Waals surface area (Å²) in [6.45, 7) is 3.16. The van der Waals surface area contributed by atoms with Crippen molar-refractivity contribution in [1.29, 1.82) is 0 Å². The summed E-state index contributed by atoms with van der Waals surface area (Å²) in [5.41, 5.74) is 0.761. The number of likely N-dealkylation sites (tertiary alicyclic amines) is 1. The largest absolute Gasteiger partial charge is 0.458 e. The lowest BCUT2D eigenvalue weighted by Gasteiger charge is -2.32. The number of rotatable bonds is 5. The van der Waals surface area contributed by atoms with Crippen LogP contribution in [0, 0.1) is 5.82 Å². The van der Waals surface area contributed by atoms with E-state index in [0.717, 1.165) is 55.3 Å². The summed E-state index contributed by atoms with van der Waals surface area (Å²) in [5.74, 6) is -0.564. The first-order chi connectivity index (χ1) is 11.7. The van der Waals surface area contributed by atoms with Gasteiger partial charge in [0.1, 0.15) is 11.0 Å². The zero-order chi connectivity index (χ0) is 16.9. The highest BCUT2D eigenvalue weighted by molar-refractivity contribution is 7.08. The SMILES string of the molecule is CCCc1nnsc1C(=O)N1CCCC(Oc2ncc(F)cn2)C1. The van der Waals surface area contributed by atoms with Gasteiger partial charge in [-0.1, -0.05) is 17.8 Å². The fourth-order valence-corrected chi connectivity index (χ4v) is 3.32. The van der Waals surface area contributed by atoms with Gasteiger partial charge < -0.3 is 9.64 Å². The molecule has 24 heavy (non-hydrogen) atoms. The van der Waals surface area contributed by atoms with Gasteiger partial charge in [0.05, 0.1) is 24.6 Å². The average molecular weight is 351 g/mol. The third-order valence-corrected chi connectivity index (χ3v) is 4.53. The molecule has 2 aromatic rings. The van der Waals surface area contributed by atoms with Crippen molar-refractivity contribution < 1.29 is 13.9 Å². The first-order valence-corrected chi connectivity index (χ1v) is 8.69. The molecule has 3 heterocycles. The van der Waals surface area contributed by atoms with Crippen LogP contribution in [-0.4, -0.2) is 49.6 Å². The first-order valence-electron chi connectivity index (χ1n) is 7.92. The summed E-state index contributed by atoms with van der Waals surface area (Å²) in [5, 5.41) is 4.05. The zero-order valence-corrected chi connectivity index (χ0v) is 14.1. The number of amides is 1. The van der Waals surface area contributed by atoms with Crippen molar-refractivity contribution in [2.75, 3.05) is 13.1 Å². The van der Waals surface area contributed by atoms with Gasteiger partial charge in [0.2, 0.25) is 0 Å². The van der Waals surface area contributed by atoms with Gasteiger partial charge in [-0.05, 0) is 30.8 Å². The Morgan fingerprint density at radius 2 is 2.25 bits per heavy atom. The Morgan fingerprint density at radius 3 is 3.00 bits per heavy atom. The van der Waals surface area contributed by atoms with E-state index < -0.39 is 5.82 Å². The molecule has 1 atom stereocenters. The standard InChI is InChI=1S/C15H18FN5O2S/c1-2-4-12-13(24-20-19-12)14(22)21-6-3-5-11(9-21)23-15-17-7-10(16)8-18-15/h7-8,11H,2-6,9H2,1H3. The van der Waals surface area contributed by atoms with E-state index >= 15 is 0 Å². The summed E-state index contributed by atoms with van der Waals surface area (Å²) in [6, 6.07) is 0.127. The lowest BCUT2D eigenvalue weighted by molar-refractivity contribution is 0.0518. The summed E-state index contributed by atoms with van der Waals surface area (Å²) in [7, 11) is 0. The summed E-state index contributed by atoms with van der Waals surface area (Å²) >= 11 is 1.14. The zero-order valence-electron chi connectivity index (χ0n) is 13.3. The topological polar surface area (TPSA) is 81.1 Å². The van der Waals surface area contributed by atoms with Crippen LogP contribution in [-0.2, 0) is 6.42 Å². The van der Waals surface area contributed by atoms with Crippen molar-refractivity contribution in [3.8, 4) is 6.01 Å². The second kappa shape index (κ2) is 7.61. The normalized spacial score (nSPS) is 17.8. The van der Waals surface area contributed by atoms with Gasteiger partial charge in [-0.3, -0.25) is 4.79 Å². The number of hydrogen-bond acceptors (Lipinski definition) is 7. The highest BCUT2D eigenvalue weighted by atomic mass is 32.1. The van der Waals surface area contributed by atoms with Crippen molar-refractivity contribution in [3.05, 3.63) is 28.8 Å². The van der Waals surface area contributed by atoms with E-state index in [2.05, 4.69) is 19.6 Å². The minimum Gasteiger partial charge on any atom is -0.458 e. The van der Waals surface area contributed by atoms with Crippen molar-refractivity contribution in [2.24, 2.45) is 0 Å². The molecule has 1 unspecified atom stereocenters. The van der Waals surface area contributed by atoms with Crippen LogP contribution in [0.15, 0.2) is 12.4 Å². The van der Waals surface area contributed by atoms with E-state index in [1.54, 1.807) is 4.90 Å². The van der Waals surface area contributed by atoms with E-state index in [-0.39, 0.29) is 18.0 Å². The molecule has 0 aliphatic carbocycles. The van der Waals surface area contributed by atoms with Crippen LogP contribution in [0.25, 0.3) is 0 Å². The number of carbonyl (C=O) groups is 1. The molecule has 128 valence electrons. The fraction of sp³-hybridized carbons (Fsp3) is 0.533. The molecule has 0 saturated carbocycles. The van der Waals surface area contributed by atoms with Crippen LogP contribution in [0.4, 0.5) is 4.39 Å². The van der Waals surface area contributed by atoms with Gasteiger partial charge >= 0.3 is 6.01 Å². The van der Waals surface area contributed by atoms with Crippen LogP contribution in [0.5, 0.6) is 6.01 Å². The van der Waals surface area contributed by atoms with Gasteiger partial charge in [0.25, 0.3) is 5.91 Å². The molecule has 0 radical (unpaired) electrons. The Morgan fingerprint density at radius 1 is 1.46 bits per heavy atom. The van der Waals surface area contributed by atoms with Gasteiger partial charge in [-0.2, -0.15) is 0 Å². The predicted molar refractivity (Wildman–Crippen MR) is 85.4 cm³/mol. The highest BCUT2D eigenvalue weighted by Gasteiger charge is 2.28. The Labute approximate surface area is 143 Å². The number of nitrogens with zero attached hydrogens (tertiary/aromatic N) is 5. The Bertz CT molecular complexity index is 693. The van der Waals surface area contributed by atoms with Crippen LogP contribution < -0.4 is 4.74 Å². The van der Waals surface area contributed by atoms with Crippen molar-refractivity contribution in [1.82, 2.24) is 24.5 Å². The molecule has 3 rings (SSSR count). The van der Waals surface area contributed by atoms with Crippen molar-refractivity contribution in [2.45, 2.75) is 38.7 Å². The molecule has 0 spiro atoms. The minimum atomic E-state index is -0.510. The average Bonchev–Trinajstić information content (AvgIpc) is 3.05. The number of ether oxygens (including phenoxy) is 1. The molecule has 0 aromatic carbocycles. The van der Waals surface area contributed by atoms with Crippen molar-refractivity contribution in [3.63, 3.8) is 0 Å². The van der Waals surface area contributed by atoms with Gasteiger partial charge in [0, 0.05) is 6.54 Å². The number of hydrogen-bond donors (Lipinski definition) is 0. The van der Waals surface area contributed by atoms with Crippen LogP contribution in [0.2, 0.25) is 0 Å². The molecule has 2 aromatic heterocycles. The second-order valence-electron chi connectivity index (χ2n) is 5.62. The number of carbonyl (C=O) groups excluding carboxylic acids is 1. The lowest BCUT2D eigenvalue weighted by Crippen LogP contribution is -2.44. The Kier molecular flexibility index (Phi) is 5.29. The van der Waals surface area contributed by atoms with Crippen LogP contribution in [0.3, 0.4) is 0 Å². The van der Waals surface area contributed by atoms with E-state index in [0.29, 0.717) is 18.0 Å². The second-order valence-corrected chi connectivity index (χ2v) is 6.37. The van der Waals surface area contributed by atoms with Crippen molar-refractivity contribution >= 4 is 17.4 Å². The maximum atomic E-state index is 12.8. The minimum absolute atomic E-state index is 0.0539. The summed E-state index contributed by atoms with van der Waals surface area (Å²) in [4.78, 5) is 22.7. The molecule has 1 amide bonds. The molecule has 1 saturated heterocycles. The van der Waals surface area contributed by atoms with Gasteiger partial charge in [0.15, 0.2) is 5.82 Å². The smallest absolute Gasteiger partial charge is 0.316 e. The number of halogens is 1. The van der Waals surface area contributed by atoms with E-state index in [4.69, 9.17) is 4.74 Å². The Hall–Kier alpha value is -2.16. The monoisotopic (exact) mass is 351 g/mol. The first kappa shape index (κ1) is 16.7. The van der Waals surface area contributed by atoms with Crippen LogP contribution in [0.1, 0.15) is 41.6 Å². The molecule has 1 aliphatic heterocycles. The van der Waals surface area contributed by atoms with E-state index in [9.17, 15) is 9.18 Å². The Balaban J connectivity index is 1.65. The molecule has 1 aliphatic rings. The summed E-state index contributed by atoms with van der Waals surface area (Å²) < 4.78 is 22.4. The third-order valence-electron chi connectivity index (χ3n) is 3.77. The number of aryl methyl sites for hydroxylation is 1. The quantitative estimate of drug-likeness (QED) is 0.821. The lowest BCUT2D eigenvalue weighted by atomic mass is 10.1. The molecular formula is C15H18FN5O2S. The maximum absolute atomic E-state index is 12.8. The number of aromatic nitrogens is 4. The van der Waals surface area contributed by atoms with E-state index in [1.807, 2.05) is 6.92 Å². The summed E-state index contributed by atoms with van der Waals surface area (Å²) in [6.07, 6.45) is 5.21. The number of piperidine rings is 1. The van der Waals surface area contributed by atoms with E-state index in [1.165, 1.54) is 0 Å². The van der Waals surface area contributed by atoms with Crippen LogP contribution >= 0.6 is 11.5 Å². The molecule has 7 nitrogen and oxygen atoms in total. The van der Waals surface area contributed by atoms with Gasteiger partial charge in [-0.25, -0.2) is 14.4 Å². The molecule has 0 bridgehead atoms. The predicted octanol–water partition coefficient (Wildman–Crippen LogP) is 2.10. The highest BCUT2D eigenvalue weighted by Crippen LogP contribution is 2.20. The molecule has 0 N–H and O–H groups in total. The van der Waals surface area contributed by atoms with Gasteiger partial charge in [-0.15, -0.1) is 5.10 Å². The third kappa shape index (κ3) is 3.84. The molecule has 1 fully saturated rings. The fourth-order valence-electron chi connectivity index (χ4n) is 2.64. The molecular weight excluding hydrogens is 333 g/mol. The molecule has 9 heteroatoms.